The third-order valence-corrected chi connectivity index (χ3v) is 3.87. The van der Waals surface area contributed by atoms with E-state index in [4.69, 9.17) is 10.5 Å². The number of esters is 1. The fourth-order valence-electron chi connectivity index (χ4n) is 1.65. The van der Waals surface area contributed by atoms with Crippen LogP contribution in [0.3, 0.4) is 0 Å². The average Bonchev–Trinajstić information content (AvgIpc) is 2.69. The van der Waals surface area contributed by atoms with Crippen molar-refractivity contribution in [2.24, 2.45) is 0 Å². The molecule has 5 heteroatoms. The minimum atomic E-state index is -0.410. The number of nitrogens with two attached hydrogens (primary N) is 1. The van der Waals surface area contributed by atoms with E-state index >= 15 is 0 Å². The molecule has 0 spiro atoms. The molecule has 0 saturated carbocycles. The van der Waals surface area contributed by atoms with E-state index in [1.165, 1.54) is 11.3 Å². The molecule has 2 N–H and O–H groups in total. The lowest BCUT2D eigenvalue weighted by Gasteiger charge is -2.06. The molecule has 4 nitrogen and oxygen atoms in total. The number of aromatic nitrogens is 1. The van der Waals surface area contributed by atoms with E-state index in [1.807, 2.05) is 26.8 Å². The number of carbonyl (C=O) groups excluding carboxylic acids is 1. The monoisotopic (exact) mass is 276 g/mol. The minimum absolute atomic E-state index is 0.186. The lowest BCUT2D eigenvalue weighted by Crippen LogP contribution is -2.08. The summed E-state index contributed by atoms with van der Waals surface area (Å²) in [6.07, 6.45) is 0. The zero-order valence-corrected chi connectivity index (χ0v) is 12.0. The Hall–Kier alpha value is -1.88. The molecule has 0 amide bonds. The Morgan fingerprint density at radius 1 is 1.37 bits per heavy atom. The highest BCUT2D eigenvalue weighted by Gasteiger charge is 2.13. The fraction of sp³-hybridized carbons (Fsp3) is 0.286. The number of nitrogens with zero attached hydrogens (tertiary/aromatic N) is 1. The van der Waals surface area contributed by atoms with Crippen molar-refractivity contribution < 1.29 is 9.53 Å². The molecule has 0 saturated heterocycles. The molecule has 1 aromatic carbocycles. The predicted octanol–water partition coefficient (Wildman–Crippen LogP) is 3.01. The van der Waals surface area contributed by atoms with Gasteiger partial charge in [-0.2, -0.15) is 0 Å². The SMILES string of the molecule is Cc1ccc(N)c(C(=O)OCc2nc(C)c(C)s2)c1. The summed E-state index contributed by atoms with van der Waals surface area (Å²) in [5.41, 5.74) is 8.57. The molecule has 0 aliphatic heterocycles. The van der Waals surface area contributed by atoms with E-state index in [1.54, 1.807) is 12.1 Å². The average molecular weight is 276 g/mol. The summed E-state index contributed by atoms with van der Waals surface area (Å²) >= 11 is 1.54. The molecule has 0 aliphatic carbocycles. The van der Waals surface area contributed by atoms with Crippen molar-refractivity contribution in [3.05, 3.63) is 44.9 Å². The molecule has 19 heavy (non-hydrogen) atoms. The lowest BCUT2D eigenvalue weighted by atomic mass is 10.1. The normalized spacial score (nSPS) is 10.5. The number of benzene rings is 1. The second-order valence-corrected chi connectivity index (χ2v) is 5.70. The van der Waals surface area contributed by atoms with E-state index < -0.39 is 5.97 Å². The van der Waals surface area contributed by atoms with Crippen LogP contribution < -0.4 is 5.73 Å². The maximum atomic E-state index is 12.0. The van der Waals surface area contributed by atoms with E-state index in [9.17, 15) is 4.79 Å². The van der Waals surface area contributed by atoms with E-state index in [0.29, 0.717) is 11.3 Å². The highest BCUT2D eigenvalue weighted by molar-refractivity contribution is 7.11. The zero-order valence-electron chi connectivity index (χ0n) is 11.2. The molecule has 2 rings (SSSR count). The van der Waals surface area contributed by atoms with Crippen LogP contribution in [0.15, 0.2) is 18.2 Å². The second kappa shape index (κ2) is 5.40. The van der Waals surface area contributed by atoms with Gasteiger partial charge in [-0.3, -0.25) is 0 Å². The summed E-state index contributed by atoms with van der Waals surface area (Å²) in [5, 5.41) is 0.801. The Bertz CT molecular complexity index is 600. The Kier molecular flexibility index (Phi) is 3.85. The van der Waals surface area contributed by atoms with Gasteiger partial charge in [-0.1, -0.05) is 11.6 Å². The Balaban J connectivity index is 2.07. The second-order valence-electron chi connectivity index (χ2n) is 4.42. The first-order valence-corrected chi connectivity index (χ1v) is 6.75. The van der Waals surface area contributed by atoms with Crippen molar-refractivity contribution in [3.8, 4) is 0 Å². The molecule has 100 valence electrons. The third-order valence-electron chi connectivity index (χ3n) is 2.83. The van der Waals surface area contributed by atoms with Crippen LogP contribution in [0, 0.1) is 20.8 Å². The van der Waals surface area contributed by atoms with Crippen LogP contribution in [0.4, 0.5) is 5.69 Å². The number of hydrogen-bond donors (Lipinski definition) is 1. The molecule has 2 aromatic rings. The standard InChI is InChI=1S/C14H16N2O2S/c1-8-4-5-12(15)11(6-8)14(17)18-7-13-16-9(2)10(3)19-13/h4-6H,7,15H2,1-3H3. The Morgan fingerprint density at radius 2 is 2.11 bits per heavy atom. The van der Waals surface area contributed by atoms with Gasteiger partial charge >= 0.3 is 5.97 Å². The highest BCUT2D eigenvalue weighted by Crippen LogP contribution is 2.19. The summed E-state index contributed by atoms with van der Waals surface area (Å²) in [7, 11) is 0. The third kappa shape index (κ3) is 3.12. The van der Waals surface area contributed by atoms with Crippen molar-refractivity contribution in [2.45, 2.75) is 27.4 Å². The number of thiazole rings is 1. The molecule has 0 unspecified atom stereocenters. The summed E-state index contributed by atoms with van der Waals surface area (Å²) in [6.45, 7) is 6.03. The van der Waals surface area contributed by atoms with Crippen LogP contribution in [0.2, 0.25) is 0 Å². The number of anilines is 1. The fourth-order valence-corrected chi connectivity index (χ4v) is 2.50. The van der Waals surface area contributed by atoms with Crippen LogP contribution in [-0.2, 0) is 11.3 Å². The van der Waals surface area contributed by atoms with Crippen LogP contribution in [-0.4, -0.2) is 11.0 Å². The van der Waals surface area contributed by atoms with Crippen molar-refractivity contribution in [1.29, 1.82) is 0 Å². The van der Waals surface area contributed by atoms with E-state index in [0.717, 1.165) is 21.1 Å². The predicted molar refractivity (Wildman–Crippen MR) is 76.3 cm³/mol. The van der Waals surface area contributed by atoms with Gasteiger partial charge in [-0.15, -0.1) is 11.3 Å². The van der Waals surface area contributed by atoms with Crippen molar-refractivity contribution in [1.82, 2.24) is 4.98 Å². The zero-order chi connectivity index (χ0) is 14.0. The van der Waals surface area contributed by atoms with E-state index in [2.05, 4.69) is 4.98 Å². The summed E-state index contributed by atoms with van der Waals surface area (Å²) < 4.78 is 5.25. The lowest BCUT2D eigenvalue weighted by molar-refractivity contribution is 0.0473. The smallest absolute Gasteiger partial charge is 0.340 e. The van der Waals surface area contributed by atoms with Gasteiger partial charge in [0.1, 0.15) is 11.6 Å². The number of carbonyl (C=O) groups is 1. The molecular formula is C14H16N2O2S. The molecule has 0 radical (unpaired) electrons. The summed E-state index contributed by atoms with van der Waals surface area (Å²) in [5.74, 6) is -0.410. The van der Waals surface area contributed by atoms with Crippen LogP contribution in [0.1, 0.15) is 31.5 Å². The number of rotatable bonds is 3. The molecule has 0 atom stereocenters. The number of nitrogen functional groups attached to an aromatic ring is 1. The molecule has 0 fully saturated rings. The maximum absolute atomic E-state index is 12.0. The van der Waals surface area contributed by atoms with Gasteiger partial charge in [0.25, 0.3) is 0 Å². The number of ether oxygens (including phenoxy) is 1. The van der Waals surface area contributed by atoms with Crippen molar-refractivity contribution in [3.63, 3.8) is 0 Å². The van der Waals surface area contributed by atoms with Crippen LogP contribution >= 0.6 is 11.3 Å². The number of aryl methyl sites for hydroxylation is 3. The highest BCUT2D eigenvalue weighted by atomic mass is 32.1. The summed E-state index contributed by atoms with van der Waals surface area (Å²) in [6, 6.07) is 5.30. The van der Waals surface area contributed by atoms with Gasteiger partial charge in [-0.05, 0) is 32.9 Å². The minimum Gasteiger partial charge on any atom is -0.455 e. The Labute approximate surface area is 116 Å². The van der Waals surface area contributed by atoms with Gasteiger partial charge in [-0.25, -0.2) is 9.78 Å². The molecule has 0 aliphatic rings. The summed E-state index contributed by atoms with van der Waals surface area (Å²) in [4.78, 5) is 17.4. The van der Waals surface area contributed by atoms with Gasteiger partial charge in [0, 0.05) is 10.6 Å². The Morgan fingerprint density at radius 3 is 2.74 bits per heavy atom. The van der Waals surface area contributed by atoms with Crippen LogP contribution in [0.25, 0.3) is 0 Å². The largest absolute Gasteiger partial charge is 0.455 e. The first-order chi connectivity index (χ1) is 8.97. The topological polar surface area (TPSA) is 65.2 Å². The molecule has 0 bridgehead atoms. The quantitative estimate of drug-likeness (QED) is 0.691. The molecule has 1 aromatic heterocycles. The maximum Gasteiger partial charge on any atom is 0.340 e. The molecule has 1 heterocycles. The van der Waals surface area contributed by atoms with Gasteiger partial charge < -0.3 is 10.5 Å². The van der Waals surface area contributed by atoms with Crippen molar-refractivity contribution in [2.75, 3.05) is 5.73 Å². The first-order valence-electron chi connectivity index (χ1n) is 5.93. The van der Waals surface area contributed by atoms with Gasteiger partial charge in [0.05, 0.1) is 11.3 Å². The first kappa shape index (κ1) is 13.5. The number of hydrogen-bond acceptors (Lipinski definition) is 5. The van der Waals surface area contributed by atoms with Gasteiger partial charge in [0.15, 0.2) is 0 Å². The molecular weight excluding hydrogens is 260 g/mol. The van der Waals surface area contributed by atoms with E-state index in [-0.39, 0.29) is 6.61 Å². The van der Waals surface area contributed by atoms with Crippen LogP contribution in [0.5, 0.6) is 0 Å². The van der Waals surface area contributed by atoms with Gasteiger partial charge in [0.2, 0.25) is 0 Å². The van der Waals surface area contributed by atoms with Crippen molar-refractivity contribution >= 4 is 23.0 Å².